The predicted molar refractivity (Wildman–Crippen MR) is 181 cm³/mol. The number of nitrogens with zero attached hydrogens (tertiary/aromatic N) is 7. The molecule has 0 bridgehead atoms. The molecule has 246 valence electrons. The molecule has 4 saturated heterocycles. The summed E-state index contributed by atoms with van der Waals surface area (Å²) in [6.07, 6.45) is 6.23. The first-order chi connectivity index (χ1) is 22.3. The van der Waals surface area contributed by atoms with E-state index >= 15 is 0 Å². The Balaban J connectivity index is 1.15. The molecule has 4 aliphatic heterocycles. The van der Waals surface area contributed by atoms with Crippen molar-refractivity contribution in [2.45, 2.75) is 64.0 Å². The molecular weight excluding hydrogens is 580 g/mol. The number of carbonyl (C=O) groups is 1. The van der Waals surface area contributed by atoms with E-state index in [4.69, 9.17) is 20.4 Å². The number of nitrogens with two attached hydrogens (primary N) is 1. The zero-order chi connectivity index (χ0) is 31.8. The third kappa shape index (κ3) is 5.93. The van der Waals surface area contributed by atoms with Gasteiger partial charge in [0, 0.05) is 87.7 Å². The highest BCUT2D eigenvalue weighted by Gasteiger charge is 2.47. The highest BCUT2D eigenvalue weighted by atomic mass is 16.5. The SMILES string of the molecule is CCc1cc(Nc2nc(N3CCC34CCOCC4)c(-c3cc(C)[nH]n3)nc2C(N)=O)ccc1N1CCC(N2CCN(C)CC2)CC1. The largest absolute Gasteiger partial charge is 0.381 e. The topological polar surface area (TPSA) is 132 Å². The van der Waals surface area contributed by atoms with Crippen LogP contribution in [0.2, 0.25) is 0 Å². The number of piperazine rings is 1. The summed E-state index contributed by atoms with van der Waals surface area (Å²) in [7, 11) is 2.22. The van der Waals surface area contributed by atoms with Gasteiger partial charge in [-0.25, -0.2) is 9.97 Å². The maximum Gasteiger partial charge on any atom is 0.271 e. The van der Waals surface area contributed by atoms with Crippen LogP contribution in [-0.2, 0) is 11.2 Å². The summed E-state index contributed by atoms with van der Waals surface area (Å²) in [6, 6.07) is 9.09. The third-order valence-corrected chi connectivity index (χ3v) is 10.7. The van der Waals surface area contributed by atoms with Crippen molar-refractivity contribution in [2.75, 3.05) is 81.2 Å². The van der Waals surface area contributed by atoms with Gasteiger partial charge < -0.3 is 30.5 Å². The highest BCUT2D eigenvalue weighted by Crippen LogP contribution is 2.45. The number of piperidine rings is 1. The van der Waals surface area contributed by atoms with Crippen molar-refractivity contribution in [1.29, 1.82) is 0 Å². The number of hydrogen-bond donors (Lipinski definition) is 3. The lowest BCUT2D eigenvalue weighted by Crippen LogP contribution is -2.63. The van der Waals surface area contributed by atoms with Gasteiger partial charge in [0.05, 0.1) is 0 Å². The van der Waals surface area contributed by atoms with Gasteiger partial charge in [-0.3, -0.25) is 14.8 Å². The van der Waals surface area contributed by atoms with Gasteiger partial charge in [-0.05, 0) is 82.3 Å². The average molecular weight is 629 g/mol. The van der Waals surface area contributed by atoms with Crippen molar-refractivity contribution in [2.24, 2.45) is 5.73 Å². The molecule has 0 radical (unpaired) electrons. The second-order valence-corrected chi connectivity index (χ2v) is 13.5. The van der Waals surface area contributed by atoms with Crippen molar-refractivity contribution >= 4 is 28.9 Å². The Kier molecular flexibility index (Phi) is 8.60. The molecule has 4 fully saturated rings. The Morgan fingerprint density at radius 3 is 2.43 bits per heavy atom. The van der Waals surface area contributed by atoms with E-state index in [0.29, 0.717) is 23.2 Å². The number of ether oxygens (including phenoxy) is 1. The van der Waals surface area contributed by atoms with Crippen LogP contribution in [-0.4, -0.2) is 114 Å². The molecule has 0 unspecified atom stereocenters. The summed E-state index contributed by atoms with van der Waals surface area (Å²) in [4.78, 5) is 32.8. The molecule has 2 aromatic heterocycles. The van der Waals surface area contributed by atoms with Crippen LogP contribution in [0.4, 0.5) is 23.0 Å². The zero-order valence-electron chi connectivity index (χ0n) is 27.5. The highest BCUT2D eigenvalue weighted by molar-refractivity contribution is 5.97. The first kappa shape index (κ1) is 30.9. The van der Waals surface area contributed by atoms with Gasteiger partial charge in [0.15, 0.2) is 17.3 Å². The number of primary amides is 1. The van der Waals surface area contributed by atoms with Crippen LogP contribution in [0.1, 0.15) is 60.8 Å². The number of aromatic amines is 1. The lowest BCUT2D eigenvalue weighted by Gasteiger charge is -2.55. The monoisotopic (exact) mass is 628 g/mol. The van der Waals surface area contributed by atoms with Crippen LogP contribution in [0.5, 0.6) is 0 Å². The summed E-state index contributed by atoms with van der Waals surface area (Å²) in [5.74, 6) is 0.466. The standard InChI is InChI=1S/C34H48N10O2/c1-4-24-22-25(5-6-28(24)43-12-7-26(8-13-43)42-17-15-41(3)16-18-42)36-32-30(31(35)45)37-29(27-21-23(2)39-40-27)33(38-32)44-14-9-34(44)10-19-46-20-11-34/h5-6,21-22,26H,4,7-20H2,1-3H3,(H2,35,45)(H,36,38)(H,39,40). The Bertz CT molecular complexity index is 1550. The Hall–Kier alpha value is -3.74. The predicted octanol–water partition coefficient (Wildman–Crippen LogP) is 3.56. The number of aromatic nitrogens is 4. The van der Waals surface area contributed by atoms with Crippen LogP contribution >= 0.6 is 0 Å². The molecule has 12 nitrogen and oxygen atoms in total. The van der Waals surface area contributed by atoms with Gasteiger partial charge in [0.1, 0.15) is 11.4 Å². The minimum atomic E-state index is -0.630. The molecule has 0 atom stereocenters. The smallest absolute Gasteiger partial charge is 0.271 e. The van der Waals surface area contributed by atoms with Gasteiger partial charge >= 0.3 is 0 Å². The van der Waals surface area contributed by atoms with Crippen LogP contribution in [0.3, 0.4) is 0 Å². The summed E-state index contributed by atoms with van der Waals surface area (Å²) < 4.78 is 5.71. The van der Waals surface area contributed by atoms with Crippen molar-refractivity contribution in [3.05, 3.63) is 41.2 Å². The number of benzene rings is 1. The van der Waals surface area contributed by atoms with E-state index in [1.54, 1.807) is 0 Å². The van der Waals surface area contributed by atoms with Crippen molar-refractivity contribution in [3.63, 3.8) is 0 Å². The van der Waals surface area contributed by atoms with Gasteiger partial charge in [-0.15, -0.1) is 0 Å². The molecule has 4 N–H and O–H groups in total. The molecule has 1 aromatic carbocycles. The van der Waals surface area contributed by atoms with Crippen LogP contribution in [0.25, 0.3) is 11.4 Å². The third-order valence-electron chi connectivity index (χ3n) is 10.7. The molecule has 12 heteroatoms. The Labute approximate surface area is 271 Å². The fourth-order valence-corrected chi connectivity index (χ4v) is 7.78. The number of aryl methyl sites for hydroxylation is 2. The quantitative estimate of drug-likeness (QED) is 0.340. The van der Waals surface area contributed by atoms with Gasteiger partial charge in [0.2, 0.25) is 0 Å². The van der Waals surface area contributed by atoms with E-state index in [9.17, 15) is 4.79 Å². The van der Waals surface area contributed by atoms with Gasteiger partial charge in [-0.1, -0.05) is 6.92 Å². The first-order valence-corrected chi connectivity index (χ1v) is 17.0. The van der Waals surface area contributed by atoms with E-state index in [1.807, 2.05) is 13.0 Å². The normalized spacial score (nSPS) is 21.0. The number of nitrogens with one attached hydrogen (secondary N) is 2. The van der Waals surface area contributed by atoms with E-state index in [-0.39, 0.29) is 11.2 Å². The zero-order valence-corrected chi connectivity index (χ0v) is 27.5. The van der Waals surface area contributed by atoms with Crippen LogP contribution in [0.15, 0.2) is 24.3 Å². The molecule has 4 aliphatic rings. The summed E-state index contributed by atoms with van der Waals surface area (Å²) in [6.45, 7) is 13.3. The van der Waals surface area contributed by atoms with E-state index in [2.05, 4.69) is 67.3 Å². The molecule has 46 heavy (non-hydrogen) atoms. The minimum Gasteiger partial charge on any atom is -0.381 e. The Morgan fingerprint density at radius 2 is 1.80 bits per heavy atom. The molecule has 7 rings (SSSR count). The number of anilines is 4. The Morgan fingerprint density at radius 1 is 1.04 bits per heavy atom. The lowest BCUT2D eigenvalue weighted by atomic mass is 9.78. The fraction of sp³-hybridized carbons (Fsp3) is 0.588. The fourth-order valence-electron chi connectivity index (χ4n) is 7.78. The average Bonchev–Trinajstić information content (AvgIpc) is 3.51. The van der Waals surface area contributed by atoms with E-state index in [0.717, 1.165) is 88.8 Å². The minimum absolute atomic E-state index is 0.0205. The summed E-state index contributed by atoms with van der Waals surface area (Å²) >= 11 is 0. The maximum absolute atomic E-state index is 12.8. The summed E-state index contributed by atoms with van der Waals surface area (Å²) in [5.41, 5.74) is 11.6. The molecular formula is C34H48N10O2. The van der Waals surface area contributed by atoms with E-state index < -0.39 is 5.91 Å². The van der Waals surface area contributed by atoms with Gasteiger partial charge in [-0.2, -0.15) is 5.10 Å². The number of likely N-dealkylation sites (N-methyl/N-ethyl adjacent to an activating group) is 1. The summed E-state index contributed by atoms with van der Waals surface area (Å²) in [5, 5.41) is 10.9. The van der Waals surface area contributed by atoms with Crippen LogP contribution < -0.4 is 20.9 Å². The lowest BCUT2D eigenvalue weighted by molar-refractivity contribution is 0.0285. The second-order valence-electron chi connectivity index (χ2n) is 13.5. The second kappa shape index (κ2) is 12.8. The number of carbonyl (C=O) groups excluding carboxylic acids is 1. The molecule has 0 aliphatic carbocycles. The number of hydrogen-bond acceptors (Lipinski definition) is 10. The molecule has 3 aromatic rings. The maximum atomic E-state index is 12.8. The number of amides is 1. The van der Waals surface area contributed by atoms with Gasteiger partial charge in [0.25, 0.3) is 5.91 Å². The number of H-pyrrole nitrogens is 1. The first-order valence-electron chi connectivity index (χ1n) is 17.0. The van der Waals surface area contributed by atoms with E-state index in [1.165, 1.54) is 37.2 Å². The van der Waals surface area contributed by atoms with Crippen molar-refractivity contribution in [1.82, 2.24) is 30.0 Å². The van der Waals surface area contributed by atoms with Crippen molar-refractivity contribution < 1.29 is 9.53 Å². The van der Waals surface area contributed by atoms with Crippen molar-refractivity contribution in [3.8, 4) is 11.4 Å². The number of rotatable bonds is 8. The molecule has 0 saturated carbocycles. The molecule has 1 spiro atoms. The molecule has 1 amide bonds. The van der Waals surface area contributed by atoms with Crippen LogP contribution in [0, 0.1) is 6.92 Å². The molecule has 6 heterocycles.